The molecule has 2 aromatic carbocycles. The highest BCUT2D eigenvalue weighted by Gasteiger charge is 2.04. The first-order chi connectivity index (χ1) is 12.2. The van der Waals surface area contributed by atoms with E-state index in [1.165, 1.54) is 0 Å². The molecule has 0 aliphatic heterocycles. The zero-order chi connectivity index (χ0) is 17.9. The first kappa shape index (κ1) is 19.5. The number of benzene rings is 2. The number of aliphatic imine (C=N–C) groups is 1. The molecule has 0 bridgehead atoms. The van der Waals surface area contributed by atoms with Gasteiger partial charge in [-0.15, -0.1) is 0 Å². The Morgan fingerprint density at radius 1 is 1.08 bits per heavy atom. The minimum absolute atomic E-state index is 0.503. The third-order valence-electron chi connectivity index (χ3n) is 3.54. The molecule has 0 aromatic heterocycles. The van der Waals surface area contributed by atoms with Crippen molar-refractivity contribution in [1.29, 1.82) is 0 Å². The molecule has 1 atom stereocenters. The third kappa shape index (κ3) is 6.88. The fraction of sp³-hybridized carbons (Fsp3) is 0.316. The van der Waals surface area contributed by atoms with Crippen LogP contribution in [0.5, 0.6) is 0 Å². The first-order valence-electron chi connectivity index (χ1n) is 8.39. The van der Waals surface area contributed by atoms with Crippen LogP contribution in [0.2, 0.25) is 5.02 Å². The molecule has 0 saturated heterocycles. The number of hydrogen-bond acceptors (Lipinski definition) is 2. The summed E-state index contributed by atoms with van der Waals surface area (Å²) in [7, 11) is -1.02. The highest BCUT2D eigenvalue weighted by atomic mass is 35.5. The van der Waals surface area contributed by atoms with Crippen molar-refractivity contribution in [2.45, 2.75) is 18.2 Å². The standard InChI is InChI=1S/C19H24ClN3OS/c1-2-21-19(22-13-12-16-8-6-7-11-18(16)20)23-14-15-25(24)17-9-4-3-5-10-17/h3-11H,2,12-15H2,1H3,(H2,21,22,23). The predicted molar refractivity (Wildman–Crippen MR) is 107 cm³/mol. The fourth-order valence-corrected chi connectivity index (χ4v) is 3.47. The van der Waals surface area contributed by atoms with Gasteiger partial charge in [-0.25, -0.2) is 0 Å². The van der Waals surface area contributed by atoms with E-state index in [-0.39, 0.29) is 0 Å². The molecular weight excluding hydrogens is 354 g/mol. The molecule has 0 aliphatic carbocycles. The Labute approximate surface area is 157 Å². The molecule has 0 spiro atoms. The Balaban J connectivity index is 1.81. The lowest BCUT2D eigenvalue weighted by atomic mass is 10.1. The molecule has 1 unspecified atom stereocenters. The van der Waals surface area contributed by atoms with Crippen molar-refractivity contribution in [1.82, 2.24) is 10.6 Å². The van der Waals surface area contributed by atoms with Crippen LogP contribution in [0.1, 0.15) is 12.5 Å². The second kappa shape index (κ2) is 10.9. The maximum absolute atomic E-state index is 12.2. The molecule has 0 saturated carbocycles. The van der Waals surface area contributed by atoms with E-state index in [4.69, 9.17) is 11.6 Å². The molecule has 4 nitrogen and oxygen atoms in total. The van der Waals surface area contributed by atoms with Crippen molar-refractivity contribution in [3.8, 4) is 0 Å². The summed E-state index contributed by atoms with van der Waals surface area (Å²) in [5.74, 6) is 1.24. The maximum atomic E-state index is 12.2. The van der Waals surface area contributed by atoms with Crippen LogP contribution in [0.15, 0.2) is 64.5 Å². The van der Waals surface area contributed by atoms with E-state index in [1.807, 2.05) is 61.5 Å². The van der Waals surface area contributed by atoms with E-state index in [0.29, 0.717) is 12.3 Å². The van der Waals surface area contributed by atoms with Crippen LogP contribution in [0.4, 0.5) is 0 Å². The normalized spacial score (nSPS) is 12.6. The second-order valence-electron chi connectivity index (χ2n) is 5.39. The van der Waals surface area contributed by atoms with Crippen LogP contribution < -0.4 is 10.6 Å². The van der Waals surface area contributed by atoms with Crippen LogP contribution in [-0.2, 0) is 17.2 Å². The molecule has 0 radical (unpaired) electrons. The van der Waals surface area contributed by atoms with Crippen molar-refractivity contribution >= 4 is 28.4 Å². The number of rotatable bonds is 8. The second-order valence-corrected chi connectivity index (χ2v) is 7.37. The van der Waals surface area contributed by atoms with Gasteiger partial charge in [0.2, 0.25) is 0 Å². The summed E-state index contributed by atoms with van der Waals surface area (Å²) in [5, 5.41) is 7.28. The lowest BCUT2D eigenvalue weighted by molar-refractivity contribution is 0.682. The van der Waals surface area contributed by atoms with E-state index >= 15 is 0 Å². The molecule has 0 fully saturated rings. The lowest BCUT2D eigenvalue weighted by Crippen LogP contribution is -2.38. The summed E-state index contributed by atoms with van der Waals surface area (Å²) in [4.78, 5) is 5.34. The number of hydrogen-bond donors (Lipinski definition) is 2. The molecule has 2 N–H and O–H groups in total. The van der Waals surface area contributed by atoms with Crippen LogP contribution >= 0.6 is 11.6 Å². The van der Waals surface area contributed by atoms with Crippen LogP contribution in [-0.4, -0.2) is 35.6 Å². The van der Waals surface area contributed by atoms with Gasteiger partial charge in [0.25, 0.3) is 0 Å². The molecule has 6 heteroatoms. The van der Waals surface area contributed by atoms with Gasteiger partial charge in [-0.05, 0) is 37.1 Å². The van der Waals surface area contributed by atoms with E-state index in [1.54, 1.807) is 0 Å². The van der Waals surface area contributed by atoms with Crippen molar-refractivity contribution < 1.29 is 4.21 Å². The quantitative estimate of drug-likeness (QED) is 0.548. The van der Waals surface area contributed by atoms with Gasteiger partial charge in [-0.2, -0.15) is 0 Å². The topological polar surface area (TPSA) is 53.5 Å². The van der Waals surface area contributed by atoms with Gasteiger partial charge in [-0.3, -0.25) is 9.20 Å². The third-order valence-corrected chi connectivity index (χ3v) is 5.26. The maximum Gasteiger partial charge on any atom is 0.191 e. The van der Waals surface area contributed by atoms with E-state index in [0.717, 1.165) is 41.0 Å². The number of nitrogens with zero attached hydrogens (tertiary/aromatic N) is 1. The van der Waals surface area contributed by atoms with Gasteiger partial charge >= 0.3 is 0 Å². The Kier molecular flexibility index (Phi) is 8.49. The molecule has 0 aliphatic rings. The largest absolute Gasteiger partial charge is 0.357 e. The van der Waals surface area contributed by atoms with Crippen LogP contribution in [0, 0.1) is 0 Å². The zero-order valence-corrected chi connectivity index (χ0v) is 15.9. The van der Waals surface area contributed by atoms with Crippen molar-refractivity contribution in [2.24, 2.45) is 4.99 Å². The Morgan fingerprint density at radius 3 is 2.52 bits per heavy atom. The Morgan fingerprint density at radius 2 is 1.80 bits per heavy atom. The SMILES string of the molecule is CCNC(=NCCS(=O)c1ccccc1)NCCc1ccccc1Cl. The summed E-state index contributed by atoms with van der Waals surface area (Å²) in [5.41, 5.74) is 1.11. The van der Waals surface area contributed by atoms with Gasteiger partial charge in [0.1, 0.15) is 0 Å². The monoisotopic (exact) mass is 377 g/mol. The summed E-state index contributed by atoms with van der Waals surface area (Å²) in [6.07, 6.45) is 0.819. The van der Waals surface area contributed by atoms with Crippen molar-refractivity contribution in [3.63, 3.8) is 0 Å². The summed E-state index contributed by atoms with van der Waals surface area (Å²) < 4.78 is 12.2. The lowest BCUT2D eigenvalue weighted by Gasteiger charge is -2.11. The first-order valence-corrected chi connectivity index (χ1v) is 10.1. The molecule has 134 valence electrons. The summed E-state index contributed by atoms with van der Waals surface area (Å²) in [6, 6.07) is 17.3. The predicted octanol–water partition coefficient (Wildman–Crippen LogP) is 3.25. The van der Waals surface area contributed by atoms with Gasteiger partial charge < -0.3 is 10.6 Å². The fourth-order valence-electron chi connectivity index (χ4n) is 2.29. The van der Waals surface area contributed by atoms with E-state index in [9.17, 15) is 4.21 Å². The molecular formula is C19H24ClN3OS. The van der Waals surface area contributed by atoms with Gasteiger partial charge in [0.05, 0.1) is 17.3 Å². The minimum atomic E-state index is -1.02. The molecule has 2 rings (SSSR count). The van der Waals surface area contributed by atoms with Crippen molar-refractivity contribution in [3.05, 3.63) is 65.2 Å². The number of guanidine groups is 1. The van der Waals surface area contributed by atoms with Crippen molar-refractivity contribution in [2.75, 3.05) is 25.4 Å². The smallest absolute Gasteiger partial charge is 0.191 e. The molecule has 25 heavy (non-hydrogen) atoms. The summed E-state index contributed by atoms with van der Waals surface area (Å²) in [6.45, 7) is 4.04. The van der Waals surface area contributed by atoms with Gasteiger partial charge in [0, 0.05) is 28.8 Å². The highest BCUT2D eigenvalue weighted by Crippen LogP contribution is 2.14. The highest BCUT2D eigenvalue weighted by molar-refractivity contribution is 7.85. The van der Waals surface area contributed by atoms with Crippen LogP contribution in [0.3, 0.4) is 0 Å². The average Bonchev–Trinajstić information content (AvgIpc) is 2.64. The van der Waals surface area contributed by atoms with Gasteiger partial charge in [0.15, 0.2) is 5.96 Å². The molecule has 2 aromatic rings. The summed E-state index contributed by atoms with van der Waals surface area (Å²) >= 11 is 6.17. The minimum Gasteiger partial charge on any atom is -0.357 e. The van der Waals surface area contributed by atoms with E-state index < -0.39 is 10.8 Å². The zero-order valence-electron chi connectivity index (χ0n) is 14.4. The number of nitrogens with one attached hydrogen (secondary N) is 2. The van der Waals surface area contributed by atoms with Gasteiger partial charge in [-0.1, -0.05) is 48.0 Å². The number of halogens is 1. The van der Waals surface area contributed by atoms with E-state index in [2.05, 4.69) is 15.6 Å². The Bertz CT molecular complexity index is 707. The molecule has 0 amide bonds. The Hall–Kier alpha value is -1.85. The molecule has 0 heterocycles. The van der Waals surface area contributed by atoms with Crippen LogP contribution in [0.25, 0.3) is 0 Å². The average molecular weight is 378 g/mol.